The summed E-state index contributed by atoms with van der Waals surface area (Å²) < 4.78 is 23.1. The van der Waals surface area contributed by atoms with Crippen LogP contribution in [-0.2, 0) is 38.1 Å². The van der Waals surface area contributed by atoms with Gasteiger partial charge in [0.05, 0.1) is 17.3 Å². The maximum absolute atomic E-state index is 13.6. The molecule has 8 fully saturated rings. The normalized spacial score (nSPS) is 45.3. The highest BCUT2D eigenvalue weighted by atomic mass is 16.6. The van der Waals surface area contributed by atoms with Gasteiger partial charge in [0, 0.05) is 35.8 Å². The first kappa shape index (κ1) is 26.7. The Kier molecular flexibility index (Phi) is 5.96. The van der Waals surface area contributed by atoms with Crippen LogP contribution in [0.25, 0.3) is 0 Å². The number of fused-ring (bicyclic) bond motifs is 1. The van der Waals surface area contributed by atoms with Crippen LogP contribution < -0.4 is 5.32 Å². The number of nitrogens with one attached hydrogen (secondary N) is 1. The van der Waals surface area contributed by atoms with E-state index in [1.54, 1.807) is 0 Å². The number of hydrogen-bond acceptors (Lipinski definition) is 9. The Balaban J connectivity index is 0.990. The summed E-state index contributed by atoms with van der Waals surface area (Å²) in [5.41, 5.74) is -0.822. The van der Waals surface area contributed by atoms with Gasteiger partial charge in [0.25, 0.3) is 0 Å². The summed E-state index contributed by atoms with van der Waals surface area (Å²) in [6, 6.07) is 0. The van der Waals surface area contributed by atoms with Gasteiger partial charge in [-0.05, 0) is 90.4 Å². The van der Waals surface area contributed by atoms with Crippen LogP contribution in [0.1, 0.15) is 85.5 Å². The minimum atomic E-state index is -0.725. The minimum absolute atomic E-state index is 0.164. The molecule has 9 heteroatoms. The van der Waals surface area contributed by atoms with E-state index >= 15 is 0 Å². The Morgan fingerprint density at radius 2 is 1.45 bits per heavy atom. The Hall–Kier alpha value is -2.16. The molecule has 0 aromatic heterocycles. The van der Waals surface area contributed by atoms with Crippen molar-refractivity contribution in [3.63, 3.8) is 0 Å². The highest BCUT2D eigenvalue weighted by molar-refractivity contribution is 5.86. The Labute approximate surface area is 235 Å². The van der Waals surface area contributed by atoms with E-state index in [0.29, 0.717) is 37.0 Å². The molecule has 6 aliphatic carbocycles. The molecule has 40 heavy (non-hydrogen) atoms. The van der Waals surface area contributed by atoms with Crippen molar-refractivity contribution in [2.75, 3.05) is 6.61 Å². The molecular weight excluding hydrogens is 514 g/mol. The van der Waals surface area contributed by atoms with Gasteiger partial charge in [0.15, 0.2) is 6.61 Å². The van der Waals surface area contributed by atoms with Gasteiger partial charge >= 0.3 is 23.9 Å². The SMILES string of the molecule is CC1(C)CC(OC(=O)C2C3CC4C(OC(=O)C42)C3OC(=O)COC(=O)C23CC4CC(CC(C4)C2)C3)CC(C)(C)N1. The van der Waals surface area contributed by atoms with E-state index in [4.69, 9.17) is 18.9 Å². The molecule has 0 amide bonds. The number of esters is 4. The third-order valence-corrected chi connectivity index (χ3v) is 11.3. The lowest BCUT2D eigenvalue weighted by Gasteiger charge is -2.55. The number of hydrogen-bond donors (Lipinski definition) is 1. The van der Waals surface area contributed by atoms with E-state index in [2.05, 4.69) is 33.0 Å². The molecule has 1 N–H and O–H groups in total. The second-order valence-electron chi connectivity index (χ2n) is 15.6. The molecule has 0 aromatic carbocycles. The van der Waals surface area contributed by atoms with Gasteiger partial charge in [-0.3, -0.25) is 14.4 Å². The molecule has 9 nitrogen and oxygen atoms in total. The van der Waals surface area contributed by atoms with Crippen molar-refractivity contribution in [3.8, 4) is 0 Å². The highest BCUT2D eigenvalue weighted by Crippen LogP contribution is 2.61. The van der Waals surface area contributed by atoms with Gasteiger partial charge in [-0.25, -0.2) is 4.79 Å². The standard InChI is InChI=1S/C31H43NO8/c1-29(2)12-18(13-30(3,4)32-29)38-26(34)22-19-8-20-23(22)27(35)40-25(20)24(19)39-21(33)14-37-28(36)31-9-15-5-16(10-31)7-17(6-15)11-31/h15-20,22-25,32H,5-14H2,1-4H3. The molecule has 6 unspecified atom stereocenters. The van der Waals surface area contributed by atoms with Crippen molar-refractivity contribution >= 4 is 23.9 Å². The summed E-state index contributed by atoms with van der Waals surface area (Å²) in [7, 11) is 0. The lowest BCUT2D eigenvalue weighted by Crippen LogP contribution is -2.60. The van der Waals surface area contributed by atoms with Crippen LogP contribution >= 0.6 is 0 Å². The van der Waals surface area contributed by atoms with Gasteiger partial charge in [-0.1, -0.05) is 0 Å². The average molecular weight is 558 g/mol. The van der Waals surface area contributed by atoms with Crippen LogP contribution in [0.3, 0.4) is 0 Å². The molecule has 2 saturated heterocycles. The predicted octanol–water partition coefficient (Wildman–Crippen LogP) is 3.32. The van der Waals surface area contributed by atoms with E-state index in [-0.39, 0.29) is 35.0 Å². The zero-order valence-electron chi connectivity index (χ0n) is 24.1. The molecule has 6 atom stereocenters. The second-order valence-corrected chi connectivity index (χ2v) is 15.6. The Morgan fingerprint density at radius 1 is 0.850 bits per heavy atom. The molecule has 8 rings (SSSR count). The lowest BCUT2D eigenvalue weighted by atomic mass is 9.49. The van der Waals surface area contributed by atoms with E-state index in [1.807, 2.05) is 0 Å². The third-order valence-electron chi connectivity index (χ3n) is 11.3. The molecule has 2 heterocycles. The van der Waals surface area contributed by atoms with Gasteiger partial charge in [0.2, 0.25) is 0 Å². The smallest absolute Gasteiger partial charge is 0.344 e. The van der Waals surface area contributed by atoms with Crippen LogP contribution in [0.4, 0.5) is 0 Å². The number of piperidine rings is 1. The summed E-state index contributed by atoms with van der Waals surface area (Å²) >= 11 is 0. The Bertz CT molecular complexity index is 1080. The first-order valence-corrected chi connectivity index (χ1v) is 15.4. The number of rotatable bonds is 6. The van der Waals surface area contributed by atoms with Crippen molar-refractivity contribution < 1.29 is 38.1 Å². The van der Waals surface area contributed by atoms with Gasteiger partial charge in [0.1, 0.15) is 18.3 Å². The molecular formula is C31H43NO8. The van der Waals surface area contributed by atoms with Crippen molar-refractivity contribution in [1.82, 2.24) is 5.32 Å². The van der Waals surface area contributed by atoms with Crippen molar-refractivity contribution in [2.24, 2.45) is 46.8 Å². The number of carbonyl (C=O) groups is 4. The van der Waals surface area contributed by atoms with Crippen LogP contribution in [0.2, 0.25) is 0 Å². The summed E-state index contributed by atoms with van der Waals surface area (Å²) in [6.45, 7) is 7.92. The van der Waals surface area contributed by atoms with E-state index in [9.17, 15) is 19.2 Å². The van der Waals surface area contributed by atoms with E-state index in [0.717, 1.165) is 19.3 Å². The molecule has 6 bridgehead atoms. The minimum Gasteiger partial charge on any atom is -0.462 e. The highest BCUT2D eigenvalue weighted by Gasteiger charge is 2.70. The number of carbonyl (C=O) groups excluding carboxylic acids is 4. The van der Waals surface area contributed by atoms with Crippen molar-refractivity contribution in [3.05, 3.63) is 0 Å². The quantitative estimate of drug-likeness (QED) is 0.388. The molecule has 0 spiro atoms. The molecule has 220 valence electrons. The fourth-order valence-corrected chi connectivity index (χ4v) is 10.8. The summed E-state index contributed by atoms with van der Waals surface area (Å²) in [4.78, 5) is 52.5. The fraction of sp³-hybridized carbons (Fsp3) is 0.871. The summed E-state index contributed by atoms with van der Waals surface area (Å²) in [5, 5.41) is 3.59. The maximum atomic E-state index is 13.6. The first-order valence-electron chi connectivity index (χ1n) is 15.4. The largest absolute Gasteiger partial charge is 0.462 e. The topological polar surface area (TPSA) is 117 Å². The van der Waals surface area contributed by atoms with Crippen LogP contribution in [0.15, 0.2) is 0 Å². The summed E-state index contributed by atoms with van der Waals surface area (Å²) in [5.74, 6) is -1.66. The van der Waals surface area contributed by atoms with Crippen LogP contribution in [0.5, 0.6) is 0 Å². The molecule has 0 radical (unpaired) electrons. The summed E-state index contributed by atoms with van der Waals surface area (Å²) in [6.07, 6.45) is 6.65. The second kappa shape index (κ2) is 8.92. The Morgan fingerprint density at radius 3 is 2.05 bits per heavy atom. The van der Waals surface area contributed by atoms with Crippen LogP contribution in [0, 0.1) is 46.8 Å². The zero-order valence-corrected chi connectivity index (χ0v) is 24.1. The zero-order chi connectivity index (χ0) is 28.2. The van der Waals surface area contributed by atoms with Crippen molar-refractivity contribution in [2.45, 2.75) is 115 Å². The van der Waals surface area contributed by atoms with E-state index in [1.165, 1.54) is 19.3 Å². The fourth-order valence-electron chi connectivity index (χ4n) is 10.8. The molecule has 2 aliphatic heterocycles. The first-order chi connectivity index (χ1) is 18.8. The molecule has 6 saturated carbocycles. The van der Waals surface area contributed by atoms with Gasteiger partial charge in [-0.15, -0.1) is 0 Å². The third kappa shape index (κ3) is 4.36. The van der Waals surface area contributed by atoms with Gasteiger partial charge in [-0.2, -0.15) is 0 Å². The maximum Gasteiger partial charge on any atom is 0.344 e. The number of ether oxygens (including phenoxy) is 4. The molecule has 0 aromatic rings. The van der Waals surface area contributed by atoms with Crippen molar-refractivity contribution in [1.29, 1.82) is 0 Å². The molecule has 8 aliphatic rings. The van der Waals surface area contributed by atoms with E-state index < -0.39 is 54.0 Å². The lowest BCUT2D eigenvalue weighted by molar-refractivity contribution is -0.182. The predicted molar refractivity (Wildman–Crippen MR) is 140 cm³/mol. The average Bonchev–Trinajstić information content (AvgIpc) is 3.43. The van der Waals surface area contributed by atoms with Gasteiger partial charge < -0.3 is 24.3 Å². The monoisotopic (exact) mass is 557 g/mol. The van der Waals surface area contributed by atoms with Crippen LogP contribution in [-0.4, -0.2) is 59.9 Å².